The van der Waals surface area contributed by atoms with E-state index >= 15 is 0 Å². The van der Waals surface area contributed by atoms with Crippen molar-refractivity contribution in [3.8, 4) is 0 Å². The molecule has 1 aromatic carbocycles. The molecule has 0 saturated heterocycles. The molecule has 0 bridgehead atoms. The molecule has 1 aliphatic heterocycles. The fraction of sp³-hybridized carbons (Fsp3) is 0.235. The van der Waals surface area contributed by atoms with Gasteiger partial charge in [0.25, 0.3) is 5.56 Å². The lowest BCUT2D eigenvalue weighted by Gasteiger charge is -2.11. The Balaban J connectivity index is 1.89. The monoisotopic (exact) mass is 350 g/mol. The fourth-order valence-corrected chi connectivity index (χ4v) is 2.66. The molecule has 0 unspecified atom stereocenters. The number of hydrogen-bond donors (Lipinski definition) is 1. The second-order valence-electron chi connectivity index (χ2n) is 5.82. The molecule has 130 valence electrons. The van der Waals surface area contributed by atoms with E-state index in [4.69, 9.17) is 0 Å². The predicted molar refractivity (Wildman–Crippen MR) is 83.5 cm³/mol. The number of alkyl halides is 3. The number of fused-ring (bicyclic) bond motifs is 1. The Morgan fingerprint density at radius 3 is 2.60 bits per heavy atom. The van der Waals surface area contributed by atoms with Gasteiger partial charge in [-0.25, -0.2) is 0 Å². The van der Waals surface area contributed by atoms with Gasteiger partial charge in [-0.15, -0.1) is 0 Å². The second kappa shape index (κ2) is 5.87. The summed E-state index contributed by atoms with van der Waals surface area (Å²) in [6, 6.07) is 6.02. The number of carbonyl (C=O) groups is 2. The molecule has 0 spiro atoms. The molecule has 0 fully saturated rings. The molecule has 1 aliphatic rings. The number of pyridine rings is 1. The minimum atomic E-state index is -4.60. The third-order valence-corrected chi connectivity index (χ3v) is 4.12. The summed E-state index contributed by atoms with van der Waals surface area (Å²) < 4.78 is 39.0. The number of nitrogens with one attached hydrogen (secondary N) is 1. The molecule has 3 rings (SSSR count). The van der Waals surface area contributed by atoms with Crippen LogP contribution < -0.4 is 10.9 Å². The van der Waals surface area contributed by atoms with Crippen molar-refractivity contribution < 1.29 is 22.8 Å². The molecule has 1 N–H and O–H groups in total. The SMILES string of the molecule is C[C@@H]1C(=O)Nc2ccc(C(=O)Cn3cc(C(F)(F)F)ccc3=O)cc21. The van der Waals surface area contributed by atoms with E-state index in [9.17, 15) is 27.6 Å². The van der Waals surface area contributed by atoms with Crippen LogP contribution in [0.1, 0.15) is 34.3 Å². The van der Waals surface area contributed by atoms with E-state index in [1.165, 1.54) is 12.1 Å². The largest absolute Gasteiger partial charge is 0.417 e. The van der Waals surface area contributed by atoms with E-state index in [0.29, 0.717) is 23.5 Å². The van der Waals surface area contributed by atoms with E-state index < -0.39 is 35.5 Å². The molecule has 2 aromatic rings. The number of benzene rings is 1. The minimum Gasteiger partial charge on any atom is -0.325 e. The number of aromatic nitrogens is 1. The van der Waals surface area contributed by atoms with Gasteiger partial charge >= 0.3 is 6.18 Å². The van der Waals surface area contributed by atoms with Crippen molar-refractivity contribution >= 4 is 17.4 Å². The first-order chi connectivity index (χ1) is 11.7. The number of rotatable bonds is 3. The molecule has 2 heterocycles. The Morgan fingerprint density at radius 2 is 1.92 bits per heavy atom. The quantitative estimate of drug-likeness (QED) is 0.866. The normalized spacial score (nSPS) is 16.5. The van der Waals surface area contributed by atoms with Gasteiger partial charge in [0.2, 0.25) is 5.91 Å². The van der Waals surface area contributed by atoms with Crippen LogP contribution in [0.4, 0.5) is 18.9 Å². The molecule has 1 amide bonds. The Bertz CT molecular complexity index is 931. The molecular weight excluding hydrogens is 337 g/mol. The summed E-state index contributed by atoms with van der Waals surface area (Å²) in [5, 5.41) is 2.67. The van der Waals surface area contributed by atoms with Crippen LogP contribution in [0, 0.1) is 0 Å². The van der Waals surface area contributed by atoms with Crippen molar-refractivity contribution in [2.24, 2.45) is 0 Å². The Hall–Kier alpha value is -2.90. The van der Waals surface area contributed by atoms with Crippen molar-refractivity contribution in [3.05, 3.63) is 63.6 Å². The number of carbonyl (C=O) groups excluding carboxylic acids is 2. The molecule has 1 atom stereocenters. The zero-order valence-corrected chi connectivity index (χ0v) is 13.1. The van der Waals surface area contributed by atoms with Gasteiger partial charge in [-0.05, 0) is 36.8 Å². The van der Waals surface area contributed by atoms with Crippen LogP contribution in [0.2, 0.25) is 0 Å². The molecular formula is C17H13F3N2O3. The highest BCUT2D eigenvalue weighted by atomic mass is 19.4. The number of nitrogens with zero attached hydrogens (tertiary/aromatic N) is 1. The highest BCUT2D eigenvalue weighted by Crippen LogP contribution is 2.33. The van der Waals surface area contributed by atoms with Crippen LogP contribution in [-0.4, -0.2) is 16.3 Å². The van der Waals surface area contributed by atoms with Crippen LogP contribution in [0.3, 0.4) is 0 Å². The van der Waals surface area contributed by atoms with Crippen molar-refractivity contribution in [3.63, 3.8) is 0 Å². The number of hydrogen-bond acceptors (Lipinski definition) is 3. The number of halogens is 3. The van der Waals surface area contributed by atoms with Crippen LogP contribution in [0.15, 0.2) is 41.3 Å². The van der Waals surface area contributed by atoms with Crippen molar-refractivity contribution in [2.45, 2.75) is 25.6 Å². The van der Waals surface area contributed by atoms with E-state index in [0.717, 1.165) is 10.6 Å². The summed E-state index contributed by atoms with van der Waals surface area (Å²) >= 11 is 0. The zero-order chi connectivity index (χ0) is 18.4. The van der Waals surface area contributed by atoms with Gasteiger partial charge in [-0.3, -0.25) is 14.4 Å². The number of anilines is 1. The van der Waals surface area contributed by atoms with Gasteiger partial charge in [0, 0.05) is 23.5 Å². The molecule has 1 aromatic heterocycles. The first-order valence-corrected chi connectivity index (χ1v) is 7.42. The Morgan fingerprint density at radius 1 is 1.20 bits per heavy atom. The molecule has 0 saturated carbocycles. The van der Waals surface area contributed by atoms with Crippen molar-refractivity contribution in [1.82, 2.24) is 4.57 Å². The predicted octanol–water partition coefficient (Wildman–Crippen LogP) is 2.81. The van der Waals surface area contributed by atoms with Crippen LogP contribution in [0.5, 0.6) is 0 Å². The summed E-state index contributed by atoms with van der Waals surface area (Å²) in [6.45, 7) is 1.17. The molecule has 8 heteroatoms. The van der Waals surface area contributed by atoms with Gasteiger partial charge in [-0.1, -0.05) is 0 Å². The topological polar surface area (TPSA) is 68.2 Å². The zero-order valence-electron chi connectivity index (χ0n) is 13.1. The smallest absolute Gasteiger partial charge is 0.325 e. The highest BCUT2D eigenvalue weighted by molar-refractivity contribution is 6.04. The van der Waals surface area contributed by atoms with Gasteiger partial charge in [0.15, 0.2) is 5.78 Å². The van der Waals surface area contributed by atoms with Gasteiger partial charge in [-0.2, -0.15) is 13.2 Å². The van der Waals surface area contributed by atoms with Gasteiger partial charge < -0.3 is 9.88 Å². The molecule has 25 heavy (non-hydrogen) atoms. The molecule has 5 nitrogen and oxygen atoms in total. The maximum atomic E-state index is 12.8. The summed E-state index contributed by atoms with van der Waals surface area (Å²) in [4.78, 5) is 35.7. The van der Waals surface area contributed by atoms with Crippen molar-refractivity contribution in [1.29, 1.82) is 0 Å². The van der Waals surface area contributed by atoms with Crippen LogP contribution in [0.25, 0.3) is 0 Å². The first-order valence-electron chi connectivity index (χ1n) is 7.42. The average Bonchev–Trinajstić information content (AvgIpc) is 2.82. The lowest BCUT2D eigenvalue weighted by Crippen LogP contribution is -2.25. The van der Waals surface area contributed by atoms with E-state index in [-0.39, 0.29) is 11.5 Å². The third kappa shape index (κ3) is 3.19. The maximum absolute atomic E-state index is 12.8. The minimum absolute atomic E-state index is 0.186. The maximum Gasteiger partial charge on any atom is 0.417 e. The van der Waals surface area contributed by atoms with Crippen LogP contribution in [-0.2, 0) is 17.5 Å². The number of Topliss-reactive ketones (excluding diaryl/α,β-unsaturated/α-hetero) is 1. The van der Waals surface area contributed by atoms with E-state index in [1.807, 2.05) is 0 Å². The van der Waals surface area contributed by atoms with E-state index in [2.05, 4.69) is 5.32 Å². The lowest BCUT2D eigenvalue weighted by atomic mass is 9.99. The lowest BCUT2D eigenvalue weighted by molar-refractivity contribution is -0.138. The first kappa shape index (κ1) is 16.9. The molecule has 0 radical (unpaired) electrons. The second-order valence-corrected chi connectivity index (χ2v) is 5.82. The third-order valence-electron chi connectivity index (χ3n) is 4.12. The van der Waals surface area contributed by atoms with E-state index in [1.54, 1.807) is 13.0 Å². The van der Waals surface area contributed by atoms with Crippen LogP contribution >= 0.6 is 0 Å². The summed E-state index contributed by atoms with van der Waals surface area (Å²) in [7, 11) is 0. The summed E-state index contributed by atoms with van der Waals surface area (Å²) in [6.07, 6.45) is -3.98. The fourth-order valence-electron chi connectivity index (χ4n) is 2.66. The standard InChI is InChI=1S/C17H13F3N2O3/c1-9-12-6-10(2-4-13(12)21-16(9)25)14(23)8-22-7-11(17(18,19)20)3-5-15(22)24/h2-7,9H,8H2,1H3,(H,21,25)/t9-/m0/s1. The van der Waals surface area contributed by atoms with Crippen molar-refractivity contribution in [2.75, 3.05) is 5.32 Å². The highest BCUT2D eigenvalue weighted by Gasteiger charge is 2.31. The Kier molecular flexibility index (Phi) is 3.98. The number of amides is 1. The van der Waals surface area contributed by atoms with Gasteiger partial charge in [0.1, 0.15) is 0 Å². The summed E-state index contributed by atoms with van der Waals surface area (Å²) in [5.41, 5.74) is -0.228. The summed E-state index contributed by atoms with van der Waals surface area (Å²) in [5.74, 6) is -1.12. The molecule has 0 aliphatic carbocycles. The average molecular weight is 350 g/mol. The Labute approximate surface area is 140 Å². The number of ketones is 1. The van der Waals surface area contributed by atoms with Gasteiger partial charge in [0.05, 0.1) is 18.0 Å².